The predicted octanol–water partition coefficient (Wildman–Crippen LogP) is 4.18. The minimum Gasteiger partial charge on any atom is -0.496 e. The van der Waals surface area contributed by atoms with Crippen LogP contribution in [0.2, 0.25) is 0 Å². The van der Waals surface area contributed by atoms with Crippen LogP contribution in [0.3, 0.4) is 0 Å². The zero-order valence-electron chi connectivity index (χ0n) is 21.9. The van der Waals surface area contributed by atoms with Crippen LogP contribution in [-0.4, -0.2) is 78.6 Å². The highest BCUT2D eigenvalue weighted by Crippen LogP contribution is 2.54. The number of nitrogens with one attached hydrogen (secondary N) is 1. The van der Waals surface area contributed by atoms with E-state index in [1.807, 2.05) is 31.2 Å². The molecule has 4 amide bonds. The molecule has 1 N–H and O–H groups in total. The number of amides is 4. The number of hydrogen-bond donors (Lipinski definition) is 1. The van der Waals surface area contributed by atoms with Crippen molar-refractivity contribution in [3.8, 4) is 5.75 Å². The van der Waals surface area contributed by atoms with Crippen molar-refractivity contribution in [2.45, 2.75) is 62.1 Å². The first-order valence-electron chi connectivity index (χ1n) is 13.0. The highest BCUT2D eigenvalue weighted by molar-refractivity contribution is 9.14. The Labute approximate surface area is 235 Å². The molecule has 3 aliphatic heterocycles. The summed E-state index contributed by atoms with van der Waals surface area (Å²) in [7, 11) is 3.20. The summed E-state index contributed by atoms with van der Waals surface area (Å²) < 4.78 is 18.7. The maximum absolute atomic E-state index is 14.2. The average molecular weight is 609 g/mol. The number of para-hydroxylation sites is 1. The Balaban J connectivity index is 1.50. The van der Waals surface area contributed by atoms with Crippen LogP contribution in [-0.2, 0) is 19.1 Å². The Hall–Kier alpha value is -2.08. The fourth-order valence-corrected chi connectivity index (χ4v) is 7.73. The van der Waals surface area contributed by atoms with E-state index in [0.29, 0.717) is 31.8 Å². The third-order valence-corrected chi connectivity index (χ3v) is 10.4. The van der Waals surface area contributed by atoms with Gasteiger partial charge >= 0.3 is 6.03 Å². The van der Waals surface area contributed by atoms with Gasteiger partial charge in [0.2, 0.25) is 11.8 Å². The van der Waals surface area contributed by atoms with E-state index in [0.717, 1.165) is 27.8 Å². The number of imide groups is 1. The molecule has 0 bridgehead atoms. The molecule has 3 atom stereocenters. The van der Waals surface area contributed by atoms with Gasteiger partial charge in [-0.15, -0.1) is 0 Å². The number of methoxy groups -OCH3 is 1. The lowest BCUT2D eigenvalue weighted by molar-refractivity contribution is -0.140. The number of carbonyl (C=O) groups excluding carboxylic acids is 3. The quantitative estimate of drug-likeness (QED) is 0.450. The second kappa shape index (κ2) is 11.2. The molecule has 4 aliphatic rings. The maximum Gasteiger partial charge on any atom is 0.328 e. The predicted molar refractivity (Wildman–Crippen MR) is 147 cm³/mol. The van der Waals surface area contributed by atoms with Crippen LogP contribution < -0.4 is 10.1 Å². The van der Waals surface area contributed by atoms with Gasteiger partial charge in [0.05, 0.1) is 41.5 Å². The van der Waals surface area contributed by atoms with Crippen LogP contribution in [0, 0.1) is 5.92 Å². The SMILES string of the molecule is CNC(=O)CC1(N2C(=O)C3C(C)=C(Br)SC3N(C[C@H](OC3CCOCC3)c3ccccc3OC)C2=O)CC1. The van der Waals surface area contributed by atoms with Crippen molar-refractivity contribution >= 4 is 45.5 Å². The van der Waals surface area contributed by atoms with Crippen LogP contribution in [0.5, 0.6) is 5.75 Å². The molecule has 2 unspecified atom stereocenters. The van der Waals surface area contributed by atoms with Gasteiger partial charge in [0.1, 0.15) is 17.2 Å². The van der Waals surface area contributed by atoms with Gasteiger partial charge in [-0.1, -0.05) is 30.0 Å². The second-order valence-corrected chi connectivity index (χ2v) is 12.7. The summed E-state index contributed by atoms with van der Waals surface area (Å²) in [5.41, 5.74) is 0.980. The molecule has 1 aliphatic carbocycles. The fraction of sp³-hybridized carbons (Fsp3) is 0.593. The molecule has 1 aromatic rings. The standard InChI is InChI=1S/C27H34BrN3O6S/c1-16-22-24(33)31(27(10-11-27)14-21(32)29-2)26(34)30(25(22)38-23(16)28)15-20(37-17-8-12-36-13-9-17)18-6-4-5-7-19(18)35-3/h4-7,17,20,22,25H,8-15H2,1-3H3,(H,29,32)/t20-,22?,25?/m0/s1. The lowest BCUT2D eigenvalue weighted by Crippen LogP contribution is -2.64. The first kappa shape index (κ1) is 27.5. The molecular weight excluding hydrogens is 574 g/mol. The summed E-state index contributed by atoms with van der Waals surface area (Å²) in [6.07, 6.45) is 2.40. The molecule has 11 heteroatoms. The Morgan fingerprint density at radius 1 is 1.26 bits per heavy atom. The third-order valence-electron chi connectivity index (χ3n) is 7.96. The van der Waals surface area contributed by atoms with Gasteiger partial charge < -0.3 is 24.4 Å². The van der Waals surface area contributed by atoms with Crippen LogP contribution in [0.15, 0.2) is 33.7 Å². The molecule has 9 nitrogen and oxygen atoms in total. The van der Waals surface area contributed by atoms with Gasteiger partial charge in [-0.25, -0.2) is 4.79 Å². The first-order chi connectivity index (χ1) is 18.3. The Morgan fingerprint density at radius 3 is 2.63 bits per heavy atom. The highest BCUT2D eigenvalue weighted by atomic mass is 79.9. The first-order valence-corrected chi connectivity index (χ1v) is 14.7. The van der Waals surface area contributed by atoms with E-state index in [4.69, 9.17) is 14.2 Å². The van der Waals surface area contributed by atoms with Gasteiger partial charge in [0.15, 0.2) is 0 Å². The largest absolute Gasteiger partial charge is 0.496 e. The molecule has 5 rings (SSSR count). The summed E-state index contributed by atoms with van der Waals surface area (Å²) in [5, 5.41) is 2.25. The second-order valence-electron chi connectivity index (χ2n) is 10.3. The van der Waals surface area contributed by atoms with Crippen molar-refractivity contribution in [1.29, 1.82) is 0 Å². The summed E-state index contributed by atoms with van der Waals surface area (Å²) >= 11 is 5.11. The zero-order chi connectivity index (χ0) is 27.0. The van der Waals surface area contributed by atoms with Crippen LogP contribution >= 0.6 is 27.7 Å². The van der Waals surface area contributed by atoms with Crippen LogP contribution in [0.25, 0.3) is 0 Å². The Morgan fingerprint density at radius 2 is 1.97 bits per heavy atom. The Kier molecular flexibility index (Phi) is 8.09. The van der Waals surface area contributed by atoms with Gasteiger partial charge in [0, 0.05) is 25.8 Å². The normalized spacial score (nSPS) is 25.9. The van der Waals surface area contributed by atoms with Gasteiger partial charge in [0.25, 0.3) is 0 Å². The number of ether oxygens (including phenoxy) is 3. The summed E-state index contributed by atoms with van der Waals surface area (Å²) in [6.45, 7) is 3.44. The number of halogens is 1. The molecule has 0 radical (unpaired) electrons. The van der Waals surface area contributed by atoms with E-state index in [2.05, 4.69) is 21.2 Å². The molecule has 0 aromatic heterocycles. The van der Waals surface area contributed by atoms with Gasteiger partial charge in [-0.05, 0) is 60.2 Å². The number of benzene rings is 1. The van der Waals surface area contributed by atoms with Crippen molar-refractivity contribution in [3.05, 3.63) is 39.2 Å². The van der Waals surface area contributed by atoms with E-state index >= 15 is 0 Å². The molecule has 1 aromatic carbocycles. The van der Waals surface area contributed by atoms with Crippen molar-refractivity contribution in [3.63, 3.8) is 0 Å². The molecule has 1 saturated carbocycles. The van der Waals surface area contributed by atoms with E-state index in [1.165, 1.54) is 16.7 Å². The van der Waals surface area contributed by atoms with E-state index in [1.54, 1.807) is 19.1 Å². The topological polar surface area (TPSA) is 97.4 Å². The van der Waals surface area contributed by atoms with Crippen LogP contribution in [0.1, 0.15) is 50.7 Å². The average Bonchev–Trinajstić information content (AvgIpc) is 3.62. The maximum atomic E-state index is 14.2. The number of rotatable bonds is 9. The van der Waals surface area contributed by atoms with Crippen molar-refractivity contribution in [1.82, 2.24) is 15.1 Å². The van der Waals surface area contributed by atoms with Crippen LogP contribution in [0.4, 0.5) is 4.79 Å². The molecule has 0 spiro atoms. The minimum atomic E-state index is -0.779. The van der Waals surface area contributed by atoms with Crippen molar-refractivity contribution < 1.29 is 28.6 Å². The zero-order valence-corrected chi connectivity index (χ0v) is 24.3. The summed E-state index contributed by atoms with van der Waals surface area (Å²) in [4.78, 5) is 43.6. The molecular formula is C27H34BrN3O6S. The van der Waals surface area contributed by atoms with E-state index < -0.39 is 22.9 Å². The van der Waals surface area contributed by atoms with E-state index in [9.17, 15) is 14.4 Å². The van der Waals surface area contributed by atoms with E-state index in [-0.39, 0.29) is 36.9 Å². The molecule has 206 valence electrons. The molecule has 3 heterocycles. The minimum absolute atomic E-state index is 0.0158. The lowest BCUT2D eigenvalue weighted by Gasteiger charge is -2.46. The van der Waals surface area contributed by atoms with Gasteiger partial charge in [-0.2, -0.15) is 0 Å². The number of thioether (sulfide) groups is 1. The molecule has 2 saturated heterocycles. The molecule has 3 fully saturated rings. The Bertz CT molecular complexity index is 1140. The number of nitrogens with zero attached hydrogens (tertiary/aromatic N) is 2. The number of fused-ring (bicyclic) bond motifs is 1. The molecule has 38 heavy (non-hydrogen) atoms. The van der Waals surface area contributed by atoms with Gasteiger partial charge in [-0.3, -0.25) is 14.5 Å². The highest BCUT2D eigenvalue weighted by Gasteiger charge is 2.61. The summed E-state index contributed by atoms with van der Waals surface area (Å²) in [6, 6.07) is 7.33. The number of carbonyl (C=O) groups is 3. The lowest BCUT2D eigenvalue weighted by atomic mass is 9.94. The van der Waals surface area contributed by atoms with Crippen molar-refractivity contribution in [2.24, 2.45) is 5.92 Å². The third kappa shape index (κ3) is 5.10. The summed E-state index contributed by atoms with van der Waals surface area (Å²) in [5.74, 6) is -0.209. The number of urea groups is 1. The smallest absolute Gasteiger partial charge is 0.328 e. The monoisotopic (exact) mass is 607 g/mol. The van der Waals surface area contributed by atoms with Crippen molar-refractivity contribution in [2.75, 3.05) is 33.9 Å². The number of hydrogen-bond acceptors (Lipinski definition) is 7. The fourth-order valence-electron chi connectivity index (χ4n) is 5.62.